The van der Waals surface area contributed by atoms with Gasteiger partial charge in [0.05, 0.1) is 23.5 Å². The summed E-state index contributed by atoms with van der Waals surface area (Å²) in [5.41, 5.74) is -0.326. The number of hydrogen-bond donors (Lipinski definition) is 0. The third-order valence-electron chi connectivity index (χ3n) is 5.07. The number of aryl methyl sites for hydroxylation is 1. The van der Waals surface area contributed by atoms with Gasteiger partial charge in [-0.25, -0.2) is 13.6 Å². The molecule has 0 bridgehead atoms. The Hall–Kier alpha value is -2.45. The average molecular weight is 428 g/mol. The number of halogens is 2. The molecular weight excluding hydrogens is 398 g/mol. The Kier molecular flexibility index (Phi) is 6.94. The van der Waals surface area contributed by atoms with E-state index in [2.05, 4.69) is 0 Å². The molecular formula is C21H30F2N2O5. The highest BCUT2D eigenvalue weighted by atomic mass is 19.3. The lowest BCUT2D eigenvalue weighted by Crippen LogP contribution is -2.51. The van der Waals surface area contributed by atoms with E-state index in [-0.39, 0.29) is 30.5 Å². The number of likely N-dealkylation sites (tertiary alicyclic amines) is 1. The lowest BCUT2D eigenvalue weighted by Gasteiger charge is -2.39. The number of nitrogens with zero attached hydrogens (tertiary/aromatic N) is 2. The molecule has 1 aromatic carbocycles. The van der Waals surface area contributed by atoms with Crippen LogP contribution in [0.25, 0.3) is 0 Å². The second-order valence-electron chi connectivity index (χ2n) is 8.77. The monoisotopic (exact) mass is 428 g/mol. The Morgan fingerprint density at radius 2 is 2.03 bits per heavy atom. The molecule has 1 saturated heterocycles. The number of nitro benzene ring substituents is 1. The molecule has 0 aliphatic carbocycles. The minimum Gasteiger partial charge on any atom is -0.484 e. The van der Waals surface area contributed by atoms with Gasteiger partial charge in [0.2, 0.25) is 0 Å². The van der Waals surface area contributed by atoms with Crippen LogP contribution in [0.5, 0.6) is 5.75 Å². The zero-order valence-corrected chi connectivity index (χ0v) is 18.3. The molecule has 30 heavy (non-hydrogen) atoms. The topological polar surface area (TPSA) is 81.9 Å². The minimum absolute atomic E-state index is 0.00760. The zero-order valence-electron chi connectivity index (χ0n) is 18.3. The first-order valence-electron chi connectivity index (χ1n) is 10.1. The van der Waals surface area contributed by atoms with Gasteiger partial charge in [0.25, 0.3) is 5.92 Å². The number of nitro groups is 1. The number of benzene rings is 1. The maximum Gasteiger partial charge on any atom is 0.410 e. The highest BCUT2D eigenvalue weighted by Gasteiger charge is 2.48. The van der Waals surface area contributed by atoms with Crippen molar-refractivity contribution in [2.45, 2.75) is 77.9 Å². The van der Waals surface area contributed by atoms with Gasteiger partial charge in [0.1, 0.15) is 5.60 Å². The van der Waals surface area contributed by atoms with Crippen LogP contribution in [0.1, 0.15) is 64.5 Å². The van der Waals surface area contributed by atoms with E-state index in [1.54, 1.807) is 34.6 Å². The summed E-state index contributed by atoms with van der Waals surface area (Å²) in [5.74, 6) is -4.42. The van der Waals surface area contributed by atoms with Crippen molar-refractivity contribution in [1.82, 2.24) is 4.90 Å². The predicted octanol–water partition coefficient (Wildman–Crippen LogP) is 5.44. The molecule has 2 atom stereocenters. The van der Waals surface area contributed by atoms with Crippen molar-refractivity contribution in [3.8, 4) is 5.75 Å². The van der Waals surface area contributed by atoms with Gasteiger partial charge < -0.3 is 14.4 Å². The van der Waals surface area contributed by atoms with Crippen LogP contribution in [-0.2, 0) is 4.74 Å². The van der Waals surface area contributed by atoms with Gasteiger partial charge in [0, 0.05) is 12.6 Å². The summed E-state index contributed by atoms with van der Waals surface area (Å²) in [6, 6.07) is 2.64. The number of rotatable bonds is 5. The maximum absolute atomic E-state index is 15.1. The quantitative estimate of drug-likeness (QED) is 0.461. The zero-order chi connectivity index (χ0) is 22.9. The molecule has 1 aliphatic rings. The van der Waals surface area contributed by atoms with Crippen molar-refractivity contribution in [1.29, 1.82) is 0 Å². The summed E-state index contributed by atoms with van der Waals surface area (Å²) in [4.78, 5) is 24.1. The summed E-state index contributed by atoms with van der Waals surface area (Å²) in [5, 5.41) is 11.4. The van der Waals surface area contributed by atoms with Gasteiger partial charge in [-0.15, -0.1) is 0 Å². The SMILES string of the molecule is CCC(C)Oc1cc(C2CCN(C(=O)OC(C)(C)C)CC2(F)F)c(C)cc1[N+](=O)[O-]. The lowest BCUT2D eigenvalue weighted by atomic mass is 9.83. The van der Waals surface area contributed by atoms with Crippen molar-refractivity contribution < 1.29 is 28.0 Å². The number of amides is 1. The largest absolute Gasteiger partial charge is 0.484 e. The molecule has 9 heteroatoms. The van der Waals surface area contributed by atoms with Gasteiger partial charge in [-0.05, 0) is 64.7 Å². The third kappa shape index (κ3) is 5.58. The lowest BCUT2D eigenvalue weighted by molar-refractivity contribution is -0.386. The molecule has 2 unspecified atom stereocenters. The Bertz CT molecular complexity index is 807. The molecule has 0 saturated carbocycles. The highest BCUT2D eigenvalue weighted by molar-refractivity contribution is 5.68. The Morgan fingerprint density at radius 3 is 2.53 bits per heavy atom. The normalized spacial score (nSPS) is 19.9. The first-order valence-corrected chi connectivity index (χ1v) is 10.1. The number of piperidine rings is 1. The Balaban J connectivity index is 2.34. The molecule has 0 radical (unpaired) electrons. The van der Waals surface area contributed by atoms with Crippen LogP contribution in [0.4, 0.5) is 19.3 Å². The van der Waals surface area contributed by atoms with Crippen LogP contribution in [0, 0.1) is 17.0 Å². The molecule has 2 rings (SSSR count). The number of carbonyl (C=O) groups is 1. The van der Waals surface area contributed by atoms with Gasteiger partial charge in [-0.2, -0.15) is 0 Å². The first-order chi connectivity index (χ1) is 13.7. The number of carbonyl (C=O) groups excluding carboxylic acids is 1. The molecule has 1 heterocycles. The van der Waals surface area contributed by atoms with E-state index in [1.807, 2.05) is 6.92 Å². The van der Waals surface area contributed by atoms with Crippen molar-refractivity contribution in [3.63, 3.8) is 0 Å². The number of alkyl halides is 2. The number of hydrogen-bond acceptors (Lipinski definition) is 5. The fourth-order valence-corrected chi connectivity index (χ4v) is 3.41. The smallest absolute Gasteiger partial charge is 0.410 e. The first kappa shape index (κ1) is 23.8. The third-order valence-corrected chi connectivity index (χ3v) is 5.07. The van der Waals surface area contributed by atoms with Gasteiger partial charge >= 0.3 is 11.8 Å². The molecule has 0 aromatic heterocycles. The summed E-state index contributed by atoms with van der Waals surface area (Å²) in [7, 11) is 0. The van der Waals surface area contributed by atoms with E-state index in [0.717, 1.165) is 4.90 Å². The number of ether oxygens (including phenoxy) is 2. The fourth-order valence-electron chi connectivity index (χ4n) is 3.41. The molecule has 1 fully saturated rings. The molecule has 168 valence electrons. The standard InChI is InChI=1S/C21H30F2N2O5/c1-7-14(3)29-18-11-15(13(2)10-17(18)25(27)28)16-8-9-24(12-21(16,22)23)19(26)30-20(4,5)6/h10-11,14,16H,7-9,12H2,1-6H3. The summed E-state index contributed by atoms with van der Waals surface area (Å²) >= 11 is 0. The second kappa shape index (κ2) is 8.73. The average Bonchev–Trinajstić information content (AvgIpc) is 2.60. The van der Waals surface area contributed by atoms with E-state index in [0.29, 0.717) is 17.5 Å². The predicted molar refractivity (Wildman–Crippen MR) is 108 cm³/mol. The van der Waals surface area contributed by atoms with Crippen LogP contribution >= 0.6 is 0 Å². The van der Waals surface area contributed by atoms with Gasteiger partial charge in [-0.3, -0.25) is 10.1 Å². The van der Waals surface area contributed by atoms with Crippen LogP contribution in [-0.4, -0.2) is 46.6 Å². The van der Waals surface area contributed by atoms with E-state index >= 15 is 8.78 Å². The Morgan fingerprint density at radius 1 is 1.40 bits per heavy atom. The summed E-state index contributed by atoms with van der Waals surface area (Å²) in [6.45, 7) is 9.56. The fraction of sp³-hybridized carbons (Fsp3) is 0.667. The molecule has 0 spiro atoms. The Labute approximate surface area is 175 Å². The van der Waals surface area contributed by atoms with Gasteiger partial charge in [-0.1, -0.05) is 6.92 Å². The highest BCUT2D eigenvalue weighted by Crippen LogP contribution is 2.44. The van der Waals surface area contributed by atoms with Crippen LogP contribution in [0.15, 0.2) is 12.1 Å². The second-order valence-corrected chi connectivity index (χ2v) is 8.77. The molecule has 7 nitrogen and oxygen atoms in total. The van der Waals surface area contributed by atoms with E-state index < -0.39 is 35.0 Å². The molecule has 1 aliphatic heterocycles. The van der Waals surface area contributed by atoms with E-state index in [1.165, 1.54) is 12.1 Å². The molecule has 1 amide bonds. The summed E-state index contributed by atoms with van der Waals surface area (Å²) < 4.78 is 41.0. The van der Waals surface area contributed by atoms with Crippen LogP contribution in [0.2, 0.25) is 0 Å². The van der Waals surface area contributed by atoms with Crippen LogP contribution < -0.4 is 4.74 Å². The minimum atomic E-state index is -3.22. The van der Waals surface area contributed by atoms with Crippen molar-refractivity contribution in [3.05, 3.63) is 33.4 Å². The van der Waals surface area contributed by atoms with Crippen molar-refractivity contribution in [2.24, 2.45) is 0 Å². The van der Waals surface area contributed by atoms with Crippen LogP contribution in [0.3, 0.4) is 0 Å². The van der Waals surface area contributed by atoms with Gasteiger partial charge in [0.15, 0.2) is 5.75 Å². The summed E-state index contributed by atoms with van der Waals surface area (Å²) in [6.07, 6.45) is -0.450. The maximum atomic E-state index is 15.1. The van der Waals surface area contributed by atoms with Crippen molar-refractivity contribution in [2.75, 3.05) is 13.1 Å². The van der Waals surface area contributed by atoms with E-state index in [9.17, 15) is 14.9 Å². The van der Waals surface area contributed by atoms with E-state index in [4.69, 9.17) is 9.47 Å². The molecule has 1 aromatic rings. The molecule has 0 N–H and O–H groups in total. The van der Waals surface area contributed by atoms with Crippen molar-refractivity contribution >= 4 is 11.8 Å².